The van der Waals surface area contributed by atoms with Crippen molar-refractivity contribution in [3.05, 3.63) is 57.2 Å². The van der Waals surface area contributed by atoms with Gasteiger partial charge in [0.05, 0.1) is 21.6 Å². The van der Waals surface area contributed by atoms with E-state index in [1.165, 1.54) is 28.8 Å². The maximum absolute atomic E-state index is 14.0. The Morgan fingerprint density at radius 1 is 1.04 bits per heavy atom. The maximum Gasteiger partial charge on any atom is 0.329 e. The molecule has 0 spiro atoms. The van der Waals surface area contributed by atoms with Crippen molar-refractivity contribution in [2.75, 3.05) is 4.72 Å². The van der Waals surface area contributed by atoms with E-state index in [-0.39, 0.29) is 16.3 Å². The smallest absolute Gasteiger partial charge is 0.292 e. The van der Waals surface area contributed by atoms with Crippen molar-refractivity contribution in [1.82, 2.24) is 9.13 Å². The zero-order chi connectivity index (χ0) is 19.1. The Bertz CT molecular complexity index is 1150. The van der Waals surface area contributed by atoms with Gasteiger partial charge in [-0.05, 0) is 50.2 Å². The lowest BCUT2D eigenvalue weighted by atomic mass is 10.3. The summed E-state index contributed by atoms with van der Waals surface area (Å²) >= 11 is 3.13. The van der Waals surface area contributed by atoms with Crippen LogP contribution in [0, 0.1) is 5.82 Å². The quantitative estimate of drug-likeness (QED) is 0.657. The van der Waals surface area contributed by atoms with Crippen LogP contribution in [0.25, 0.3) is 11.0 Å². The largest absolute Gasteiger partial charge is 0.329 e. The van der Waals surface area contributed by atoms with Crippen LogP contribution in [-0.2, 0) is 23.1 Å². The number of nitrogens with one attached hydrogen (secondary N) is 1. The minimum Gasteiger partial charge on any atom is -0.292 e. The Morgan fingerprint density at radius 3 is 2.31 bits per heavy atom. The molecule has 0 amide bonds. The van der Waals surface area contributed by atoms with Crippen LogP contribution in [0.1, 0.15) is 13.8 Å². The number of hydrogen-bond donors (Lipinski definition) is 1. The molecule has 0 saturated carbocycles. The fourth-order valence-electron chi connectivity index (χ4n) is 2.85. The number of aromatic nitrogens is 2. The van der Waals surface area contributed by atoms with Crippen molar-refractivity contribution < 1.29 is 12.8 Å². The Kier molecular flexibility index (Phi) is 4.94. The fourth-order valence-corrected chi connectivity index (χ4v) is 4.27. The van der Waals surface area contributed by atoms with Crippen molar-refractivity contribution in [2.45, 2.75) is 31.8 Å². The molecule has 0 saturated heterocycles. The Hall–Kier alpha value is -2.13. The monoisotopic (exact) mass is 441 g/mol. The standard InChI is InChI=1S/C17H17BrFN3O3S/c1-3-21-15-8-6-12(10-16(15)22(4-2)17(21)23)26(24,25)20-14-7-5-11(18)9-13(14)19/h5-10,20H,3-4H2,1-2H3. The third-order valence-electron chi connectivity index (χ3n) is 4.11. The van der Waals surface area contributed by atoms with Crippen LogP contribution >= 0.6 is 15.9 Å². The summed E-state index contributed by atoms with van der Waals surface area (Å²) < 4.78 is 45.1. The van der Waals surface area contributed by atoms with Crippen molar-refractivity contribution in [3.8, 4) is 0 Å². The molecule has 0 atom stereocenters. The molecule has 0 aliphatic heterocycles. The van der Waals surface area contributed by atoms with E-state index >= 15 is 0 Å². The van der Waals surface area contributed by atoms with E-state index in [4.69, 9.17) is 0 Å². The van der Waals surface area contributed by atoms with E-state index in [9.17, 15) is 17.6 Å². The van der Waals surface area contributed by atoms with E-state index in [1.54, 1.807) is 16.7 Å². The number of benzene rings is 2. The molecule has 6 nitrogen and oxygen atoms in total. The lowest BCUT2D eigenvalue weighted by Crippen LogP contribution is -2.23. The molecule has 0 aliphatic rings. The van der Waals surface area contributed by atoms with Crippen LogP contribution in [0.4, 0.5) is 10.1 Å². The minimum absolute atomic E-state index is 0.0391. The van der Waals surface area contributed by atoms with Gasteiger partial charge in [-0.3, -0.25) is 13.9 Å². The summed E-state index contributed by atoms with van der Waals surface area (Å²) in [7, 11) is -4.01. The van der Waals surface area contributed by atoms with Crippen molar-refractivity contribution >= 4 is 42.7 Å². The molecule has 1 aromatic heterocycles. The van der Waals surface area contributed by atoms with Crippen LogP contribution in [0.15, 0.2) is 50.6 Å². The first kappa shape index (κ1) is 18.7. The van der Waals surface area contributed by atoms with E-state index in [0.29, 0.717) is 28.6 Å². The molecule has 0 radical (unpaired) electrons. The van der Waals surface area contributed by atoms with Crippen LogP contribution in [-0.4, -0.2) is 17.6 Å². The first-order chi connectivity index (χ1) is 12.3. The number of imidazole rings is 1. The first-order valence-corrected chi connectivity index (χ1v) is 10.3. The summed E-state index contributed by atoms with van der Waals surface area (Å²) in [6, 6.07) is 8.50. The maximum atomic E-state index is 14.0. The van der Waals surface area contributed by atoms with Crippen LogP contribution in [0.3, 0.4) is 0 Å². The number of sulfonamides is 1. The molecule has 0 bridgehead atoms. The third-order valence-corrected chi connectivity index (χ3v) is 5.96. The molecule has 0 fully saturated rings. The molecule has 2 aromatic carbocycles. The van der Waals surface area contributed by atoms with E-state index in [0.717, 1.165) is 0 Å². The summed E-state index contributed by atoms with van der Waals surface area (Å²) in [5, 5.41) is 0. The molecular formula is C17H17BrFN3O3S. The summed E-state index contributed by atoms with van der Waals surface area (Å²) in [5.74, 6) is -0.688. The predicted octanol–water partition coefficient (Wildman–Crippen LogP) is 3.55. The molecule has 0 aliphatic carbocycles. The third kappa shape index (κ3) is 3.16. The molecule has 1 N–H and O–H groups in total. The molecule has 0 unspecified atom stereocenters. The summed E-state index contributed by atoms with van der Waals surface area (Å²) in [5.41, 5.74) is 0.852. The van der Waals surface area contributed by atoms with Gasteiger partial charge >= 0.3 is 5.69 Å². The molecule has 9 heteroatoms. The summed E-state index contributed by atoms with van der Waals surface area (Å²) in [4.78, 5) is 12.3. The van der Waals surface area contributed by atoms with Crippen molar-refractivity contribution in [2.24, 2.45) is 0 Å². The van der Waals surface area contributed by atoms with Gasteiger partial charge in [0, 0.05) is 17.6 Å². The molecule has 3 rings (SSSR count). The normalized spacial score (nSPS) is 11.8. The van der Waals surface area contributed by atoms with Gasteiger partial charge in [0.25, 0.3) is 10.0 Å². The summed E-state index contributed by atoms with van der Waals surface area (Å²) in [6.07, 6.45) is 0. The van der Waals surface area contributed by atoms with Gasteiger partial charge < -0.3 is 0 Å². The Balaban J connectivity index is 2.10. The fraction of sp³-hybridized carbons (Fsp3) is 0.235. The average Bonchev–Trinajstić information content (AvgIpc) is 2.87. The number of halogens is 2. The SMILES string of the molecule is CCn1c(=O)n(CC)c2cc(S(=O)(=O)Nc3ccc(Br)cc3F)ccc21. The second-order valence-corrected chi connectivity index (χ2v) is 8.25. The zero-order valence-corrected chi connectivity index (χ0v) is 16.6. The first-order valence-electron chi connectivity index (χ1n) is 7.99. The second-order valence-electron chi connectivity index (χ2n) is 5.65. The van der Waals surface area contributed by atoms with Gasteiger partial charge in [-0.2, -0.15) is 0 Å². The molecule has 26 heavy (non-hydrogen) atoms. The van der Waals surface area contributed by atoms with Gasteiger partial charge in [0.1, 0.15) is 5.82 Å². The van der Waals surface area contributed by atoms with Gasteiger partial charge in [-0.1, -0.05) is 15.9 Å². The lowest BCUT2D eigenvalue weighted by Gasteiger charge is -2.10. The number of nitrogens with zero attached hydrogens (tertiary/aromatic N) is 2. The minimum atomic E-state index is -4.01. The van der Waals surface area contributed by atoms with E-state index < -0.39 is 15.8 Å². The molecule has 3 aromatic rings. The van der Waals surface area contributed by atoms with Gasteiger partial charge in [0.2, 0.25) is 0 Å². The number of aryl methyl sites for hydroxylation is 2. The number of rotatable bonds is 5. The van der Waals surface area contributed by atoms with Crippen LogP contribution in [0.5, 0.6) is 0 Å². The molecule has 138 valence electrons. The molecular weight excluding hydrogens is 425 g/mol. The highest BCUT2D eigenvalue weighted by atomic mass is 79.9. The highest BCUT2D eigenvalue weighted by Gasteiger charge is 2.19. The van der Waals surface area contributed by atoms with Crippen LogP contribution in [0.2, 0.25) is 0 Å². The Labute approximate surface area is 158 Å². The number of anilines is 1. The van der Waals surface area contributed by atoms with E-state index in [1.807, 2.05) is 13.8 Å². The molecule has 1 heterocycles. The second kappa shape index (κ2) is 6.88. The van der Waals surface area contributed by atoms with Gasteiger partial charge in [-0.25, -0.2) is 17.6 Å². The highest BCUT2D eigenvalue weighted by Crippen LogP contribution is 2.24. The predicted molar refractivity (Wildman–Crippen MR) is 102 cm³/mol. The van der Waals surface area contributed by atoms with Gasteiger partial charge in [-0.15, -0.1) is 0 Å². The Morgan fingerprint density at radius 2 is 1.69 bits per heavy atom. The topological polar surface area (TPSA) is 73.1 Å². The van der Waals surface area contributed by atoms with Crippen LogP contribution < -0.4 is 10.4 Å². The van der Waals surface area contributed by atoms with Crippen molar-refractivity contribution in [3.63, 3.8) is 0 Å². The van der Waals surface area contributed by atoms with Crippen molar-refractivity contribution in [1.29, 1.82) is 0 Å². The summed E-state index contributed by atoms with van der Waals surface area (Å²) in [6.45, 7) is 4.57. The van der Waals surface area contributed by atoms with E-state index in [2.05, 4.69) is 20.7 Å². The highest BCUT2D eigenvalue weighted by molar-refractivity contribution is 9.10. The number of hydrogen-bond acceptors (Lipinski definition) is 3. The average molecular weight is 442 g/mol. The zero-order valence-electron chi connectivity index (χ0n) is 14.2. The van der Waals surface area contributed by atoms with Gasteiger partial charge in [0.15, 0.2) is 0 Å². The number of fused-ring (bicyclic) bond motifs is 1. The lowest BCUT2D eigenvalue weighted by molar-refractivity contribution is 0.598.